The second kappa shape index (κ2) is 9.11. The van der Waals surface area contributed by atoms with Crippen molar-refractivity contribution in [2.45, 2.75) is 38.6 Å². The van der Waals surface area contributed by atoms with Crippen LogP contribution in [0.25, 0.3) is 0 Å². The van der Waals surface area contributed by atoms with E-state index in [1.807, 2.05) is 0 Å². The summed E-state index contributed by atoms with van der Waals surface area (Å²) >= 11 is -1.66. The first-order valence-electron chi connectivity index (χ1n) is 8.82. The van der Waals surface area contributed by atoms with Gasteiger partial charge in [-0.15, -0.1) is 4.73 Å². The Labute approximate surface area is 167 Å². The van der Waals surface area contributed by atoms with Crippen LogP contribution in [-0.4, -0.2) is 36.0 Å². The molecule has 1 N–H and O–H groups in total. The van der Waals surface area contributed by atoms with Crippen LogP contribution < -0.4 is 10.0 Å². The van der Waals surface area contributed by atoms with Crippen LogP contribution in [0.2, 0.25) is 0 Å². The predicted molar refractivity (Wildman–Crippen MR) is 102 cm³/mol. The molecule has 1 atom stereocenters. The van der Waals surface area contributed by atoms with Crippen molar-refractivity contribution in [1.29, 1.82) is 0 Å². The standard InChI is InChI=1S/C19H24N2O6S/c1-6-26-18(22)14-11(3)20-12(4)15(19(23)27-7-2)16(14)13-9-8-10-21(24)17(13)28(5)25/h8-10,16,20H,6-7H2,1-5H3. The summed E-state index contributed by atoms with van der Waals surface area (Å²) in [6.45, 7) is 6.99. The van der Waals surface area contributed by atoms with Crippen molar-refractivity contribution in [2.75, 3.05) is 19.5 Å². The molecule has 1 unspecified atom stereocenters. The maximum atomic E-state index is 12.7. The summed E-state index contributed by atoms with van der Waals surface area (Å²) in [5, 5.41) is 15.3. The summed E-state index contributed by atoms with van der Waals surface area (Å²) in [7, 11) is 0. The number of hydrogen-bond acceptors (Lipinski definition) is 7. The zero-order valence-electron chi connectivity index (χ0n) is 16.5. The average Bonchev–Trinajstić information content (AvgIpc) is 2.60. The van der Waals surface area contributed by atoms with E-state index in [1.54, 1.807) is 33.8 Å². The zero-order chi connectivity index (χ0) is 21.0. The summed E-state index contributed by atoms with van der Waals surface area (Å²) in [5.74, 6) is -2.19. The first-order valence-corrected chi connectivity index (χ1v) is 10.4. The van der Waals surface area contributed by atoms with Crippen molar-refractivity contribution >= 4 is 23.1 Å². The topological polar surface area (TPSA) is 115 Å². The number of carbonyl (C=O) groups excluding carboxylic acids is 2. The predicted octanol–water partition coefficient (Wildman–Crippen LogP) is 1.42. The molecular weight excluding hydrogens is 384 g/mol. The first-order chi connectivity index (χ1) is 13.2. The molecule has 0 radical (unpaired) electrons. The van der Waals surface area contributed by atoms with E-state index < -0.39 is 29.0 Å². The van der Waals surface area contributed by atoms with Crippen LogP contribution in [0.4, 0.5) is 0 Å². The Morgan fingerprint density at radius 1 is 1.14 bits per heavy atom. The molecule has 152 valence electrons. The molecule has 28 heavy (non-hydrogen) atoms. The number of nitrogens with zero attached hydrogens (tertiary/aromatic N) is 1. The Bertz CT molecular complexity index is 807. The van der Waals surface area contributed by atoms with Crippen molar-refractivity contribution in [3.05, 3.63) is 51.6 Å². The Morgan fingerprint density at radius 2 is 1.64 bits per heavy atom. The van der Waals surface area contributed by atoms with E-state index in [9.17, 15) is 19.3 Å². The lowest BCUT2D eigenvalue weighted by atomic mass is 9.81. The van der Waals surface area contributed by atoms with Gasteiger partial charge in [0, 0.05) is 17.5 Å². The fraction of sp³-hybridized carbons (Fsp3) is 0.421. The number of rotatable bonds is 6. The van der Waals surface area contributed by atoms with E-state index in [2.05, 4.69) is 5.32 Å². The van der Waals surface area contributed by atoms with Gasteiger partial charge < -0.3 is 24.6 Å². The summed E-state index contributed by atoms with van der Waals surface area (Å²) < 4.78 is 23.2. The number of carbonyl (C=O) groups is 2. The van der Waals surface area contributed by atoms with Gasteiger partial charge >= 0.3 is 17.0 Å². The molecule has 1 aliphatic rings. The number of hydrogen-bond donors (Lipinski definition) is 1. The Balaban J connectivity index is 2.80. The lowest BCUT2D eigenvalue weighted by Gasteiger charge is -2.30. The Morgan fingerprint density at radius 3 is 2.07 bits per heavy atom. The van der Waals surface area contributed by atoms with Crippen LogP contribution >= 0.6 is 0 Å². The van der Waals surface area contributed by atoms with E-state index in [0.717, 1.165) is 0 Å². The Hall–Kier alpha value is -2.52. The molecule has 0 amide bonds. The lowest BCUT2D eigenvalue weighted by Crippen LogP contribution is -2.38. The molecule has 1 aliphatic heterocycles. The number of nitrogens with one attached hydrogen (secondary N) is 1. The minimum Gasteiger partial charge on any atom is -0.615 e. The average molecular weight is 408 g/mol. The van der Waals surface area contributed by atoms with Gasteiger partial charge in [0.15, 0.2) is 6.20 Å². The van der Waals surface area contributed by atoms with E-state index in [4.69, 9.17) is 9.47 Å². The second-order valence-corrected chi connectivity index (χ2v) is 7.42. The van der Waals surface area contributed by atoms with Gasteiger partial charge in [0.05, 0.1) is 47.0 Å². The number of ether oxygens (including phenoxy) is 2. The number of esters is 2. The molecule has 1 aromatic heterocycles. The Kier molecular flexibility index (Phi) is 7.09. The number of pyridine rings is 1. The summed E-state index contributed by atoms with van der Waals surface area (Å²) in [5.41, 5.74) is 1.62. The van der Waals surface area contributed by atoms with Gasteiger partial charge in [0.2, 0.25) is 0 Å². The second-order valence-electron chi connectivity index (χ2n) is 6.12. The van der Waals surface area contributed by atoms with Gasteiger partial charge in [-0.1, -0.05) is 0 Å². The highest BCUT2D eigenvalue weighted by molar-refractivity contribution is 7.90. The minimum absolute atomic E-state index is 0.0291. The van der Waals surface area contributed by atoms with Crippen molar-refractivity contribution in [3.8, 4) is 0 Å². The number of dihydropyridines is 1. The molecule has 9 heteroatoms. The summed E-state index contributed by atoms with van der Waals surface area (Å²) in [6.07, 6.45) is 2.60. The van der Waals surface area contributed by atoms with E-state index in [1.165, 1.54) is 18.5 Å². The fourth-order valence-corrected chi connectivity index (χ4v) is 4.10. The van der Waals surface area contributed by atoms with Crippen molar-refractivity contribution in [2.24, 2.45) is 0 Å². The molecule has 0 aliphatic carbocycles. The van der Waals surface area contributed by atoms with Gasteiger partial charge in [-0.3, -0.25) is 0 Å². The quantitative estimate of drug-likeness (QED) is 0.328. The van der Waals surface area contributed by atoms with Crippen LogP contribution in [-0.2, 0) is 30.2 Å². The molecular formula is C19H24N2O6S. The molecule has 2 rings (SSSR count). The smallest absolute Gasteiger partial charge is 0.397 e. The third-order valence-corrected chi connectivity index (χ3v) is 5.24. The summed E-state index contributed by atoms with van der Waals surface area (Å²) in [6, 6.07) is 3.07. The van der Waals surface area contributed by atoms with Crippen LogP contribution in [0.5, 0.6) is 0 Å². The van der Waals surface area contributed by atoms with Gasteiger partial charge in [0.25, 0.3) is 0 Å². The largest absolute Gasteiger partial charge is 0.615 e. The van der Waals surface area contributed by atoms with Gasteiger partial charge in [-0.2, -0.15) is 0 Å². The third kappa shape index (κ3) is 4.15. The summed E-state index contributed by atoms with van der Waals surface area (Å²) in [4.78, 5) is 25.5. The maximum absolute atomic E-state index is 12.7. The van der Waals surface area contributed by atoms with Crippen LogP contribution in [0.15, 0.2) is 45.9 Å². The highest BCUT2D eigenvalue weighted by Gasteiger charge is 2.42. The molecule has 0 fully saturated rings. The first kappa shape index (κ1) is 21.8. The zero-order valence-corrected chi connectivity index (χ0v) is 17.3. The van der Waals surface area contributed by atoms with Crippen molar-refractivity contribution < 1.29 is 28.3 Å². The number of aromatic nitrogens is 1. The van der Waals surface area contributed by atoms with Crippen LogP contribution in [0.3, 0.4) is 0 Å². The highest BCUT2D eigenvalue weighted by atomic mass is 32.2. The number of allylic oxidation sites excluding steroid dienone is 2. The van der Waals surface area contributed by atoms with E-state index in [0.29, 0.717) is 21.7 Å². The van der Waals surface area contributed by atoms with E-state index in [-0.39, 0.29) is 29.4 Å². The van der Waals surface area contributed by atoms with Gasteiger partial charge in [0.1, 0.15) is 6.26 Å². The molecule has 0 saturated carbocycles. The molecule has 1 aromatic rings. The third-order valence-electron chi connectivity index (χ3n) is 4.28. The molecule has 0 bridgehead atoms. The van der Waals surface area contributed by atoms with Gasteiger partial charge in [-0.05, 0) is 33.8 Å². The highest BCUT2D eigenvalue weighted by Crippen LogP contribution is 2.40. The van der Waals surface area contributed by atoms with Crippen molar-refractivity contribution in [3.63, 3.8) is 0 Å². The van der Waals surface area contributed by atoms with Crippen molar-refractivity contribution in [1.82, 2.24) is 5.32 Å². The maximum Gasteiger partial charge on any atom is 0.397 e. The SMILES string of the molecule is CCOC(=O)C1=C(C)NC(C)=C(C(=O)OCC)C1c1ccc[n+]([O-])c1[S+](C)[O-]. The molecule has 0 aromatic carbocycles. The molecule has 2 heterocycles. The normalized spacial score (nSPS) is 15.9. The fourth-order valence-electron chi connectivity index (χ4n) is 3.27. The molecule has 8 nitrogen and oxygen atoms in total. The van der Waals surface area contributed by atoms with Crippen LogP contribution in [0.1, 0.15) is 39.2 Å². The monoisotopic (exact) mass is 408 g/mol. The van der Waals surface area contributed by atoms with Crippen LogP contribution in [0, 0.1) is 5.21 Å². The molecule has 0 spiro atoms. The molecule has 0 saturated heterocycles. The van der Waals surface area contributed by atoms with E-state index >= 15 is 0 Å². The minimum atomic E-state index is -1.66. The lowest BCUT2D eigenvalue weighted by molar-refractivity contribution is -0.647. The van der Waals surface area contributed by atoms with Gasteiger partial charge in [-0.25, -0.2) is 9.59 Å².